The van der Waals surface area contributed by atoms with E-state index in [0.29, 0.717) is 17.5 Å². The zero-order valence-corrected chi connectivity index (χ0v) is 33.7. The zero-order chi connectivity index (χ0) is 41.2. The van der Waals surface area contributed by atoms with Crippen molar-refractivity contribution in [2.45, 2.75) is 0 Å². The fourth-order valence-corrected chi connectivity index (χ4v) is 10.2. The van der Waals surface area contributed by atoms with Crippen LogP contribution in [0.2, 0.25) is 0 Å². The van der Waals surface area contributed by atoms with Crippen molar-refractivity contribution in [3.05, 3.63) is 200 Å². The van der Waals surface area contributed by atoms with Crippen molar-refractivity contribution in [2.75, 3.05) is 0 Å². The normalized spacial score (nSPS) is 12.1. The molecule has 292 valence electrons. The molecule has 0 aliphatic rings. The van der Waals surface area contributed by atoms with Crippen LogP contribution < -0.4 is 0 Å². The molecule has 5 aromatic heterocycles. The second kappa shape index (κ2) is 12.9. The first kappa shape index (κ1) is 34.1. The summed E-state index contributed by atoms with van der Waals surface area (Å²) in [7, 11) is 0. The van der Waals surface area contributed by atoms with Gasteiger partial charge in [-0.3, -0.25) is 0 Å². The van der Waals surface area contributed by atoms with Crippen LogP contribution in [-0.4, -0.2) is 23.9 Å². The molecule has 63 heavy (non-hydrogen) atoms. The first-order chi connectivity index (χ1) is 31.3. The number of hydrogen-bond donors (Lipinski definition) is 0. The Morgan fingerprint density at radius 1 is 0.333 bits per heavy atom. The van der Waals surface area contributed by atoms with Gasteiger partial charge in [-0.2, -0.15) is 0 Å². The van der Waals surface area contributed by atoms with Crippen molar-refractivity contribution in [2.24, 2.45) is 0 Å². The summed E-state index contributed by atoms with van der Waals surface area (Å²) < 4.78 is 11.9. The summed E-state index contributed by atoms with van der Waals surface area (Å²) in [4.78, 5) is 15.5. The highest BCUT2D eigenvalue weighted by Gasteiger charge is 2.26. The number of aromatic nitrogens is 5. The fraction of sp³-hybridized carbons (Fsp3) is 0. The fourth-order valence-electron chi connectivity index (χ4n) is 10.2. The average Bonchev–Trinajstić information content (AvgIpc) is 4.10. The van der Waals surface area contributed by atoms with Crippen molar-refractivity contribution >= 4 is 81.8 Å². The Kier molecular flexibility index (Phi) is 7.02. The molecule has 0 spiro atoms. The lowest BCUT2D eigenvalue weighted by atomic mass is 10.0. The third-order valence-corrected chi connectivity index (χ3v) is 12.9. The molecule has 6 heteroatoms. The van der Waals surface area contributed by atoms with Gasteiger partial charge in [-0.1, -0.05) is 164 Å². The van der Waals surface area contributed by atoms with E-state index >= 15 is 0 Å². The summed E-state index contributed by atoms with van der Waals surface area (Å²) in [5.74, 6) is 1.73. The van der Waals surface area contributed by atoms with E-state index in [0.717, 1.165) is 66.5 Å². The van der Waals surface area contributed by atoms with E-state index in [9.17, 15) is 0 Å². The Morgan fingerprint density at radius 2 is 0.889 bits per heavy atom. The van der Waals surface area contributed by atoms with Crippen LogP contribution in [0.25, 0.3) is 133 Å². The molecular formula is C57H33N5O. The van der Waals surface area contributed by atoms with Gasteiger partial charge in [-0.05, 0) is 47.5 Å². The predicted molar refractivity (Wildman–Crippen MR) is 258 cm³/mol. The van der Waals surface area contributed by atoms with E-state index in [2.05, 4.69) is 161 Å². The Hall–Kier alpha value is -8.61. The van der Waals surface area contributed by atoms with Crippen LogP contribution in [0.3, 0.4) is 0 Å². The highest BCUT2D eigenvalue weighted by molar-refractivity contribution is 6.31. The minimum atomic E-state index is 0.544. The van der Waals surface area contributed by atoms with E-state index in [1.807, 2.05) is 48.5 Å². The summed E-state index contributed by atoms with van der Waals surface area (Å²) in [6.45, 7) is 0. The zero-order valence-electron chi connectivity index (χ0n) is 33.7. The molecular weight excluding hydrogens is 771 g/mol. The molecule has 0 N–H and O–H groups in total. The lowest BCUT2D eigenvalue weighted by Gasteiger charge is -2.13. The van der Waals surface area contributed by atoms with Crippen LogP contribution in [0.5, 0.6) is 0 Å². The van der Waals surface area contributed by atoms with Gasteiger partial charge in [0.05, 0.1) is 44.2 Å². The first-order valence-electron chi connectivity index (χ1n) is 21.3. The Labute approximate surface area is 359 Å². The Balaban J connectivity index is 1.04. The molecule has 0 atom stereocenters. The topological polar surface area (TPSA) is 61.2 Å². The molecule has 0 saturated heterocycles. The lowest BCUT2D eigenvalue weighted by molar-refractivity contribution is 0.669. The van der Waals surface area contributed by atoms with Crippen molar-refractivity contribution in [3.8, 4) is 51.0 Å². The van der Waals surface area contributed by atoms with Crippen molar-refractivity contribution < 1.29 is 4.42 Å². The molecule has 0 unspecified atom stereocenters. The smallest absolute Gasteiger partial charge is 0.167 e. The second-order valence-electron chi connectivity index (χ2n) is 16.3. The van der Waals surface area contributed by atoms with E-state index in [-0.39, 0.29) is 0 Å². The van der Waals surface area contributed by atoms with Crippen LogP contribution in [0.4, 0.5) is 0 Å². The monoisotopic (exact) mass is 803 g/mol. The molecule has 9 aromatic carbocycles. The maximum atomic E-state index is 6.93. The third kappa shape index (κ3) is 4.86. The van der Waals surface area contributed by atoms with Gasteiger partial charge in [0, 0.05) is 48.8 Å². The van der Waals surface area contributed by atoms with E-state index in [4.69, 9.17) is 19.4 Å². The van der Waals surface area contributed by atoms with Gasteiger partial charge in [0.1, 0.15) is 11.2 Å². The summed E-state index contributed by atoms with van der Waals surface area (Å²) in [5.41, 5.74) is 13.4. The van der Waals surface area contributed by atoms with Gasteiger partial charge in [0.15, 0.2) is 17.5 Å². The molecule has 0 aliphatic carbocycles. The molecule has 14 rings (SSSR count). The number of benzene rings is 9. The lowest BCUT2D eigenvalue weighted by Crippen LogP contribution is -2.01. The molecule has 5 heterocycles. The van der Waals surface area contributed by atoms with E-state index in [1.165, 1.54) is 48.9 Å². The predicted octanol–water partition coefficient (Wildman–Crippen LogP) is 14.7. The number of para-hydroxylation sites is 4. The number of fused-ring (bicyclic) bond motifs is 13. The molecule has 0 radical (unpaired) electrons. The molecule has 14 aromatic rings. The molecule has 0 amide bonds. The SMILES string of the molecule is c1ccc(-c2ccc(-c3nc(-c4ccccc4)nc(-c4ccc(-n5c6ccccc6c6c5ccc5c7cccc8c9ccccc9n(c87)c56)c5c4oc4ccccc45)n3)cc2)cc1. The van der Waals surface area contributed by atoms with E-state index in [1.54, 1.807) is 0 Å². The van der Waals surface area contributed by atoms with Crippen LogP contribution in [0.15, 0.2) is 205 Å². The molecule has 0 saturated carbocycles. The third-order valence-electron chi connectivity index (χ3n) is 12.9. The number of furan rings is 1. The van der Waals surface area contributed by atoms with Gasteiger partial charge < -0.3 is 13.4 Å². The van der Waals surface area contributed by atoms with Crippen molar-refractivity contribution in [3.63, 3.8) is 0 Å². The highest BCUT2D eigenvalue weighted by atomic mass is 16.3. The van der Waals surface area contributed by atoms with Gasteiger partial charge in [0.2, 0.25) is 0 Å². The second-order valence-corrected chi connectivity index (χ2v) is 16.3. The minimum Gasteiger partial charge on any atom is -0.455 e. The van der Waals surface area contributed by atoms with E-state index < -0.39 is 0 Å². The van der Waals surface area contributed by atoms with Crippen LogP contribution >= 0.6 is 0 Å². The molecule has 0 aliphatic heterocycles. The first-order valence-corrected chi connectivity index (χ1v) is 21.3. The van der Waals surface area contributed by atoms with Crippen LogP contribution in [0, 0.1) is 0 Å². The maximum absolute atomic E-state index is 6.93. The standard InChI is InChI=1S/C57H33N5O/c1-3-14-34(15-4-1)35-26-28-37(29-27-35)56-58-55(36-16-5-2-6-17-36)59-57(60-56)44-31-33-48(51-43-20-9-12-25-49(43)63-54(44)51)61-46-24-11-8-19-42(46)50-47(61)32-30-41-40-22-13-21-39-38-18-7-10-23-45(38)62(52(39)40)53(41)50/h1-33H. The highest BCUT2D eigenvalue weighted by Crippen LogP contribution is 2.47. The Bertz CT molecular complexity index is 4130. The number of rotatable bonds is 5. The minimum absolute atomic E-state index is 0.544. The largest absolute Gasteiger partial charge is 0.455 e. The van der Waals surface area contributed by atoms with Gasteiger partial charge in [-0.15, -0.1) is 0 Å². The summed E-state index contributed by atoms with van der Waals surface area (Å²) >= 11 is 0. The van der Waals surface area contributed by atoms with Gasteiger partial charge >= 0.3 is 0 Å². The molecule has 0 fully saturated rings. The molecule has 0 bridgehead atoms. The summed E-state index contributed by atoms with van der Waals surface area (Å²) in [6.07, 6.45) is 0. The quantitative estimate of drug-likeness (QED) is 0.174. The van der Waals surface area contributed by atoms with Gasteiger partial charge in [-0.25, -0.2) is 15.0 Å². The molecule has 6 nitrogen and oxygen atoms in total. The Morgan fingerprint density at radius 3 is 1.67 bits per heavy atom. The summed E-state index contributed by atoms with van der Waals surface area (Å²) in [6, 6.07) is 70.5. The van der Waals surface area contributed by atoms with Gasteiger partial charge in [0.25, 0.3) is 0 Å². The number of hydrogen-bond acceptors (Lipinski definition) is 4. The summed E-state index contributed by atoms with van der Waals surface area (Å²) in [5, 5.41) is 9.50. The van der Waals surface area contributed by atoms with Crippen molar-refractivity contribution in [1.29, 1.82) is 0 Å². The average molecular weight is 804 g/mol. The van der Waals surface area contributed by atoms with Crippen LogP contribution in [0.1, 0.15) is 0 Å². The maximum Gasteiger partial charge on any atom is 0.167 e. The van der Waals surface area contributed by atoms with Crippen molar-refractivity contribution in [1.82, 2.24) is 23.9 Å². The number of nitrogens with zero attached hydrogens (tertiary/aromatic N) is 5. The van der Waals surface area contributed by atoms with Crippen LogP contribution in [-0.2, 0) is 0 Å².